The summed E-state index contributed by atoms with van der Waals surface area (Å²) in [6.07, 6.45) is 4.95. The van der Waals surface area contributed by atoms with Gasteiger partial charge >= 0.3 is 0 Å². The average molecular weight is 181 g/mol. The maximum atomic E-state index is 4.16. The van der Waals surface area contributed by atoms with Crippen molar-refractivity contribution in [1.29, 1.82) is 0 Å². The van der Waals surface area contributed by atoms with Gasteiger partial charge in [-0.05, 0) is 19.4 Å². The van der Waals surface area contributed by atoms with E-state index in [0.29, 0.717) is 12.1 Å². The molecule has 0 aliphatic rings. The number of aromatic nitrogens is 2. The molecular weight excluding hydrogens is 162 g/mol. The molecule has 0 radical (unpaired) electrons. The molecule has 0 saturated heterocycles. The Hall–Kier alpha value is -0.830. The Kier molecular flexibility index (Phi) is 3.96. The first-order valence-corrected chi connectivity index (χ1v) is 4.92. The molecule has 74 valence electrons. The van der Waals surface area contributed by atoms with Gasteiger partial charge in [-0.15, -0.1) is 0 Å². The van der Waals surface area contributed by atoms with Crippen molar-refractivity contribution in [1.82, 2.24) is 15.1 Å². The van der Waals surface area contributed by atoms with E-state index in [2.05, 4.69) is 31.2 Å². The van der Waals surface area contributed by atoms with Crippen LogP contribution in [0, 0.1) is 0 Å². The van der Waals surface area contributed by atoms with Crippen molar-refractivity contribution >= 4 is 0 Å². The second-order valence-corrected chi connectivity index (χ2v) is 3.78. The average Bonchev–Trinajstić information content (AvgIpc) is 2.51. The Balaban J connectivity index is 2.19. The quantitative estimate of drug-likeness (QED) is 0.748. The van der Waals surface area contributed by atoms with Crippen LogP contribution in [0.25, 0.3) is 0 Å². The molecular formula is C10H19N3. The van der Waals surface area contributed by atoms with E-state index in [1.165, 1.54) is 0 Å². The summed E-state index contributed by atoms with van der Waals surface area (Å²) in [5.41, 5.74) is 0. The molecule has 1 N–H and O–H groups in total. The zero-order chi connectivity index (χ0) is 9.68. The minimum absolute atomic E-state index is 0.559. The van der Waals surface area contributed by atoms with Gasteiger partial charge in [-0.3, -0.25) is 4.68 Å². The third kappa shape index (κ3) is 4.08. The standard InChI is InChI=1S/C10H19N3/c1-9(2)12-10(3)5-8-13-7-4-6-11-13/h4,6-7,9-10,12H,5,8H2,1-3H3. The number of nitrogens with zero attached hydrogens (tertiary/aromatic N) is 2. The number of nitrogens with one attached hydrogen (secondary N) is 1. The van der Waals surface area contributed by atoms with Gasteiger partial charge in [0.05, 0.1) is 0 Å². The Morgan fingerprint density at radius 2 is 2.15 bits per heavy atom. The molecule has 0 bridgehead atoms. The first-order valence-electron chi connectivity index (χ1n) is 4.92. The zero-order valence-electron chi connectivity index (χ0n) is 8.70. The largest absolute Gasteiger partial charge is 0.312 e. The van der Waals surface area contributed by atoms with Gasteiger partial charge in [0.15, 0.2) is 0 Å². The first-order chi connectivity index (χ1) is 6.18. The Bertz CT molecular complexity index is 216. The van der Waals surface area contributed by atoms with E-state index in [9.17, 15) is 0 Å². The molecule has 3 nitrogen and oxygen atoms in total. The van der Waals surface area contributed by atoms with Crippen LogP contribution in [-0.2, 0) is 6.54 Å². The predicted molar refractivity (Wildman–Crippen MR) is 54.6 cm³/mol. The van der Waals surface area contributed by atoms with Crippen molar-refractivity contribution in [2.75, 3.05) is 0 Å². The lowest BCUT2D eigenvalue weighted by Crippen LogP contribution is -2.33. The van der Waals surface area contributed by atoms with Crippen molar-refractivity contribution in [3.63, 3.8) is 0 Å². The van der Waals surface area contributed by atoms with E-state index >= 15 is 0 Å². The minimum atomic E-state index is 0.559. The molecule has 1 heterocycles. The second kappa shape index (κ2) is 5.02. The summed E-state index contributed by atoms with van der Waals surface area (Å²) in [5.74, 6) is 0. The monoisotopic (exact) mass is 181 g/mol. The lowest BCUT2D eigenvalue weighted by atomic mass is 10.2. The molecule has 1 rings (SSSR count). The van der Waals surface area contributed by atoms with Gasteiger partial charge in [-0.1, -0.05) is 13.8 Å². The van der Waals surface area contributed by atoms with Crippen molar-refractivity contribution in [3.8, 4) is 0 Å². The molecule has 0 aromatic carbocycles. The fourth-order valence-corrected chi connectivity index (χ4v) is 1.41. The summed E-state index contributed by atoms with van der Waals surface area (Å²) in [4.78, 5) is 0. The summed E-state index contributed by atoms with van der Waals surface area (Å²) in [5, 5.41) is 7.62. The topological polar surface area (TPSA) is 29.9 Å². The van der Waals surface area contributed by atoms with E-state index in [-0.39, 0.29) is 0 Å². The molecule has 1 unspecified atom stereocenters. The van der Waals surface area contributed by atoms with Crippen molar-refractivity contribution in [2.45, 2.75) is 45.8 Å². The van der Waals surface area contributed by atoms with Gasteiger partial charge in [-0.25, -0.2) is 0 Å². The van der Waals surface area contributed by atoms with Crippen LogP contribution in [0.2, 0.25) is 0 Å². The number of hydrogen-bond donors (Lipinski definition) is 1. The number of rotatable bonds is 5. The van der Waals surface area contributed by atoms with E-state index in [1.807, 2.05) is 23.1 Å². The van der Waals surface area contributed by atoms with Crippen molar-refractivity contribution in [3.05, 3.63) is 18.5 Å². The number of hydrogen-bond acceptors (Lipinski definition) is 2. The van der Waals surface area contributed by atoms with Crippen LogP contribution in [0.3, 0.4) is 0 Å². The predicted octanol–water partition coefficient (Wildman–Crippen LogP) is 1.66. The van der Waals surface area contributed by atoms with Gasteiger partial charge in [0.2, 0.25) is 0 Å². The summed E-state index contributed by atoms with van der Waals surface area (Å²) in [7, 11) is 0. The van der Waals surface area contributed by atoms with Crippen LogP contribution in [-0.4, -0.2) is 21.9 Å². The fourth-order valence-electron chi connectivity index (χ4n) is 1.41. The Labute approximate surface area is 80.1 Å². The fraction of sp³-hybridized carbons (Fsp3) is 0.700. The lowest BCUT2D eigenvalue weighted by Gasteiger charge is -2.16. The zero-order valence-corrected chi connectivity index (χ0v) is 8.70. The van der Waals surface area contributed by atoms with Crippen molar-refractivity contribution in [2.24, 2.45) is 0 Å². The van der Waals surface area contributed by atoms with E-state index in [1.54, 1.807) is 0 Å². The molecule has 0 fully saturated rings. The van der Waals surface area contributed by atoms with E-state index < -0.39 is 0 Å². The third-order valence-electron chi connectivity index (χ3n) is 1.97. The van der Waals surface area contributed by atoms with E-state index in [4.69, 9.17) is 0 Å². The van der Waals surface area contributed by atoms with Crippen LogP contribution in [0.5, 0.6) is 0 Å². The highest BCUT2D eigenvalue weighted by Gasteiger charge is 2.02. The molecule has 0 amide bonds. The summed E-state index contributed by atoms with van der Waals surface area (Å²) in [6.45, 7) is 7.55. The second-order valence-electron chi connectivity index (χ2n) is 3.78. The van der Waals surface area contributed by atoms with Crippen LogP contribution < -0.4 is 5.32 Å². The SMILES string of the molecule is CC(C)NC(C)CCn1cccn1. The summed E-state index contributed by atoms with van der Waals surface area (Å²) in [6, 6.07) is 3.08. The Morgan fingerprint density at radius 1 is 1.38 bits per heavy atom. The Morgan fingerprint density at radius 3 is 2.69 bits per heavy atom. The van der Waals surface area contributed by atoms with Crippen LogP contribution in [0.4, 0.5) is 0 Å². The van der Waals surface area contributed by atoms with Gasteiger partial charge in [0.1, 0.15) is 0 Å². The molecule has 3 heteroatoms. The van der Waals surface area contributed by atoms with Crippen LogP contribution in [0.1, 0.15) is 27.2 Å². The van der Waals surface area contributed by atoms with Crippen molar-refractivity contribution < 1.29 is 0 Å². The molecule has 13 heavy (non-hydrogen) atoms. The van der Waals surface area contributed by atoms with Gasteiger partial charge in [0.25, 0.3) is 0 Å². The lowest BCUT2D eigenvalue weighted by molar-refractivity contribution is 0.428. The molecule has 1 aromatic heterocycles. The number of aryl methyl sites for hydroxylation is 1. The summed E-state index contributed by atoms with van der Waals surface area (Å²) < 4.78 is 1.97. The molecule has 1 atom stereocenters. The maximum Gasteiger partial charge on any atom is 0.0489 e. The maximum absolute atomic E-state index is 4.16. The molecule has 1 aromatic rings. The molecule has 0 spiro atoms. The highest BCUT2D eigenvalue weighted by Crippen LogP contribution is 1.96. The van der Waals surface area contributed by atoms with E-state index in [0.717, 1.165) is 13.0 Å². The summed E-state index contributed by atoms with van der Waals surface area (Å²) >= 11 is 0. The highest BCUT2D eigenvalue weighted by atomic mass is 15.3. The smallest absolute Gasteiger partial charge is 0.0489 e. The van der Waals surface area contributed by atoms with Crippen LogP contribution in [0.15, 0.2) is 18.5 Å². The molecule has 0 aliphatic heterocycles. The normalized spacial score (nSPS) is 13.5. The van der Waals surface area contributed by atoms with Gasteiger partial charge in [0, 0.05) is 31.0 Å². The molecule has 0 aliphatic carbocycles. The van der Waals surface area contributed by atoms with Gasteiger partial charge in [-0.2, -0.15) is 5.10 Å². The molecule has 0 saturated carbocycles. The van der Waals surface area contributed by atoms with Crippen LogP contribution >= 0.6 is 0 Å². The third-order valence-corrected chi connectivity index (χ3v) is 1.97. The minimum Gasteiger partial charge on any atom is -0.312 e. The van der Waals surface area contributed by atoms with Gasteiger partial charge < -0.3 is 5.32 Å². The highest BCUT2D eigenvalue weighted by molar-refractivity contribution is 4.78. The first kappa shape index (κ1) is 10.3.